The fourth-order valence-corrected chi connectivity index (χ4v) is 2.46. The van der Waals surface area contributed by atoms with E-state index in [-0.39, 0.29) is 11.3 Å². The minimum absolute atomic E-state index is 0.0783. The van der Waals surface area contributed by atoms with Crippen LogP contribution < -0.4 is 10.2 Å². The van der Waals surface area contributed by atoms with E-state index in [2.05, 4.69) is 21.2 Å². The normalized spacial score (nSPS) is 20.3. The van der Waals surface area contributed by atoms with E-state index in [4.69, 9.17) is 11.6 Å². The van der Waals surface area contributed by atoms with Crippen molar-refractivity contribution in [2.24, 2.45) is 0 Å². The van der Waals surface area contributed by atoms with Crippen molar-refractivity contribution in [3.05, 3.63) is 22.7 Å². The Bertz CT molecular complexity index is 424. The van der Waals surface area contributed by atoms with Crippen LogP contribution in [0.1, 0.15) is 6.42 Å². The molecule has 0 saturated carbocycles. The van der Waals surface area contributed by atoms with E-state index in [0.717, 1.165) is 15.8 Å². The van der Waals surface area contributed by atoms with Gasteiger partial charge in [0.1, 0.15) is 0 Å². The monoisotopic (exact) mass is 302 g/mol. The average Bonchev–Trinajstić information content (AvgIpc) is 2.57. The van der Waals surface area contributed by atoms with Crippen molar-refractivity contribution in [2.75, 3.05) is 23.8 Å². The highest BCUT2D eigenvalue weighted by atomic mass is 79.9. The van der Waals surface area contributed by atoms with Gasteiger partial charge < -0.3 is 10.2 Å². The molecule has 1 heterocycles. The van der Waals surface area contributed by atoms with E-state index in [1.807, 2.05) is 25.2 Å². The number of halogens is 2. The Kier molecular flexibility index (Phi) is 3.40. The zero-order valence-electron chi connectivity index (χ0n) is 8.84. The second-order valence-corrected chi connectivity index (χ2v) is 5.25. The van der Waals surface area contributed by atoms with E-state index < -0.39 is 0 Å². The molecule has 0 bridgehead atoms. The van der Waals surface area contributed by atoms with E-state index in [9.17, 15) is 4.79 Å². The quantitative estimate of drug-likeness (QED) is 0.852. The van der Waals surface area contributed by atoms with Crippen LogP contribution in [-0.4, -0.2) is 24.9 Å². The van der Waals surface area contributed by atoms with Crippen LogP contribution in [0.4, 0.5) is 11.4 Å². The highest BCUT2D eigenvalue weighted by molar-refractivity contribution is 9.10. The van der Waals surface area contributed by atoms with Crippen LogP contribution >= 0.6 is 27.5 Å². The molecule has 5 heteroatoms. The molecular formula is C11H12BrClN2O. The summed E-state index contributed by atoms with van der Waals surface area (Å²) in [6.45, 7) is 0.575. The molecule has 86 valence electrons. The van der Waals surface area contributed by atoms with Gasteiger partial charge in [0.15, 0.2) is 0 Å². The Hall–Kier alpha value is -0.740. The van der Waals surface area contributed by atoms with Gasteiger partial charge in [-0.3, -0.25) is 4.79 Å². The molecule has 1 aliphatic rings. The molecule has 1 amide bonds. The van der Waals surface area contributed by atoms with E-state index in [0.29, 0.717) is 13.0 Å². The molecule has 2 rings (SSSR count). The number of benzene rings is 1. The summed E-state index contributed by atoms with van der Waals surface area (Å²) in [5, 5.41) is 2.99. The van der Waals surface area contributed by atoms with Crippen LogP contribution in [0.5, 0.6) is 0 Å². The first kappa shape index (κ1) is 11.7. The number of nitrogens with zero attached hydrogens (tertiary/aromatic N) is 1. The largest absolute Gasteiger partial charge is 0.386 e. The third-order valence-electron chi connectivity index (χ3n) is 2.60. The number of alkyl halides is 1. The molecule has 16 heavy (non-hydrogen) atoms. The molecule has 1 aromatic rings. The van der Waals surface area contributed by atoms with Gasteiger partial charge in [-0.05, 0) is 18.2 Å². The maximum Gasteiger partial charge on any atom is 0.228 e. The van der Waals surface area contributed by atoms with Gasteiger partial charge in [0, 0.05) is 24.5 Å². The molecular weight excluding hydrogens is 291 g/mol. The smallest absolute Gasteiger partial charge is 0.228 e. The van der Waals surface area contributed by atoms with Crippen LogP contribution in [0, 0.1) is 0 Å². The number of nitrogens with one attached hydrogen (secondary N) is 1. The van der Waals surface area contributed by atoms with Gasteiger partial charge in [-0.1, -0.05) is 15.9 Å². The summed E-state index contributed by atoms with van der Waals surface area (Å²) in [6.07, 6.45) is 0.414. The molecule has 1 saturated heterocycles. The summed E-state index contributed by atoms with van der Waals surface area (Å²) >= 11 is 9.40. The molecule has 1 atom stereocenters. The second-order valence-electron chi connectivity index (χ2n) is 3.72. The summed E-state index contributed by atoms with van der Waals surface area (Å²) in [5.41, 5.74) is 1.81. The molecule has 1 N–H and O–H groups in total. The molecule has 0 aromatic heterocycles. The van der Waals surface area contributed by atoms with Crippen molar-refractivity contribution >= 4 is 44.8 Å². The van der Waals surface area contributed by atoms with Crippen molar-refractivity contribution < 1.29 is 4.79 Å². The molecule has 1 aromatic carbocycles. The second kappa shape index (κ2) is 4.63. The number of carbonyl (C=O) groups excluding carboxylic acids is 1. The minimum atomic E-state index is -0.0869. The number of hydrogen-bond donors (Lipinski definition) is 1. The molecule has 1 aliphatic heterocycles. The fraction of sp³-hybridized carbons (Fsp3) is 0.364. The SMILES string of the molecule is CNc1ccc(Br)cc1N1CC(Cl)CC1=O. The molecule has 0 radical (unpaired) electrons. The Morgan fingerprint density at radius 1 is 1.56 bits per heavy atom. The van der Waals surface area contributed by atoms with Crippen LogP contribution in [-0.2, 0) is 4.79 Å². The predicted molar refractivity (Wildman–Crippen MR) is 70.3 cm³/mol. The summed E-state index contributed by atoms with van der Waals surface area (Å²) in [5.74, 6) is 0.0783. The van der Waals surface area contributed by atoms with E-state index in [1.54, 1.807) is 4.90 Å². The lowest BCUT2D eigenvalue weighted by atomic mass is 10.2. The Morgan fingerprint density at radius 3 is 2.88 bits per heavy atom. The third-order valence-corrected chi connectivity index (χ3v) is 3.38. The molecule has 3 nitrogen and oxygen atoms in total. The van der Waals surface area contributed by atoms with Crippen molar-refractivity contribution in [3.63, 3.8) is 0 Å². The minimum Gasteiger partial charge on any atom is -0.386 e. The maximum absolute atomic E-state index is 11.8. The lowest BCUT2D eigenvalue weighted by molar-refractivity contribution is -0.117. The predicted octanol–water partition coefficient (Wildman–Crippen LogP) is 2.83. The first-order chi connectivity index (χ1) is 7.61. The summed E-state index contributed by atoms with van der Waals surface area (Å²) < 4.78 is 0.951. The summed E-state index contributed by atoms with van der Waals surface area (Å²) in [6, 6.07) is 5.81. The fourth-order valence-electron chi connectivity index (χ4n) is 1.84. The van der Waals surface area contributed by atoms with Gasteiger partial charge >= 0.3 is 0 Å². The number of anilines is 2. The highest BCUT2D eigenvalue weighted by Crippen LogP contribution is 2.33. The maximum atomic E-state index is 11.8. The first-order valence-corrected chi connectivity index (χ1v) is 6.26. The third kappa shape index (κ3) is 2.18. The van der Waals surface area contributed by atoms with Gasteiger partial charge in [0.05, 0.1) is 16.8 Å². The average molecular weight is 304 g/mol. The standard InChI is InChI=1S/C11H12BrClN2O/c1-14-9-3-2-7(12)4-10(9)15-6-8(13)5-11(15)16/h2-4,8,14H,5-6H2,1H3. The van der Waals surface area contributed by atoms with Gasteiger partial charge in [0.2, 0.25) is 5.91 Å². The van der Waals surface area contributed by atoms with Gasteiger partial charge in [-0.15, -0.1) is 11.6 Å². The van der Waals surface area contributed by atoms with Crippen LogP contribution in [0.15, 0.2) is 22.7 Å². The van der Waals surface area contributed by atoms with Gasteiger partial charge in [0.25, 0.3) is 0 Å². The molecule has 1 fully saturated rings. The lowest BCUT2D eigenvalue weighted by Crippen LogP contribution is -2.25. The van der Waals surface area contributed by atoms with Gasteiger partial charge in [-0.25, -0.2) is 0 Å². The Balaban J connectivity index is 2.39. The number of rotatable bonds is 2. The number of amides is 1. The zero-order chi connectivity index (χ0) is 11.7. The van der Waals surface area contributed by atoms with Crippen LogP contribution in [0.25, 0.3) is 0 Å². The lowest BCUT2D eigenvalue weighted by Gasteiger charge is -2.20. The van der Waals surface area contributed by atoms with Crippen LogP contribution in [0.2, 0.25) is 0 Å². The zero-order valence-corrected chi connectivity index (χ0v) is 11.2. The van der Waals surface area contributed by atoms with Crippen molar-refractivity contribution in [3.8, 4) is 0 Å². The first-order valence-electron chi connectivity index (χ1n) is 5.03. The van der Waals surface area contributed by atoms with Gasteiger partial charge in [-0.2, -0.15) is 0 Å². The topological polar surface area (TPSA) is 32.3 Å². The summed E-state index contributed by atoms with van der Waals surface area (Å²) in [4.78, 5) is 13.5. The number of hydrogen-bond acceptors (Lipinski definition) is 2. The molecule has 1 unspecified atom stereocenters. The van der Waals surface area contributed by atoms with E-state index >= 15 is 0 Å². The summed E-state index contributed by atoms with van der Waals surface area (Å²) in [7, 11) is 1.84. The Morgan fingerprint density at radius 2 is 2.31 bits per heavy atom. The van der Waals surface area contributed by atoms with Crippen LogP contribution in [0.3, 0.4) is 0 Å². The molecule has 0 aliphatic carbocycles. The van der Waals surface area contributed by atoms with E-state index in [1.165, 1.54) is 0 Å². The Labute approximate surface area is 108 Å². The van der Waals surface area contributed by atoms with Crippen molar-refractivity contribution in [1.82, 2.24) is 0 Å². The highest BCUT2D eigenvalue weighted by Gasteiger charge is 2.30. The van der Waals surface area contributed by atoms with Crippen molar-refractivity contribution in [2.45, 2.75) is 11.8 Å². The number of carbonyl (C=O) groups is 1. The molecule has 0 spiro atoms. The van der Waals surface area contributed by atoms with Crippen molar-refractivity contribution in [1.29, 1.82) is 0 Å².